The molecule has 1 aromatic carbocycles. The molecule has 0 heterocycles. The molecule has 5 heteroatoms. The zero-order valence-electron chi connectivity index (χ0n) is 11.6. The van der Waals surface area contributed by atoms with E-state index in [1.54, 1.807) is 7.11 Å². The Morgan fingerprint density at radius 3 is 2.74 bits per heavy atom. The molecule has 0 aliphatic rings. The number of nitrogens with one attached hydrogen (secondary N) is 1. The minimum absolute atomic E-state index is 0.440. The van der Waals surface area contributed by atoms with E-state index in [9.17, 15) is 0 Å². The van der Waals surface area contributed by atoms with Gasteiger partial charge in [0, 0.05) is 31.5 Å². The van der Waals surface area contributed by atoms with Crippen LogP contribution >= 0.6 is 12.2 Å². The van der Waals surface area contributed by atoms with E-state index in [4.69, 9.17) is 27.4 Å². The predicted octanol–water partition coefficient (Wildman–Crippen LogP) is 2.09. The zero-order chi connectivity index (χ0) is 14.1. The number of hydrogen-bond acceptors (Lipinski definition) is 4. The summed E-state index contributed by atoms with van der Waals surface area (Å²) in [5.41, 5.74) is 8.73. The first-order valence-electron chi connectivity index (χ1n) is 6.36. The SMILES string of the molecule is COCCOCCCNc1ccc(C(N)=S)c(C)c1. The number of nitrogens with two attached hydrogens (primary N) is 1. The highest BCUT2D eigenvalue weighted by atomic mass is 32.1. The lowest BCUT2D eigenvalue weighted by atomic mass is 10.1. The van der Waals surface area contributed by atoms with Crippen molar-refractivity contribution < 1.29 is 9.47 Å². The Labute approximate surface area is 120 Å². The molecule has 0 fully saturated rings. The van der Waals surface area contributed by atoms with Crippen molar-refractivity contribution in [1.29, 1.82) is 0 Å². The molecular formula is C14H22N2O2S. The van der Waals surface area contributed by atoms with Crippen LogP contribution < -0.4 is 11.1 Å². The quantitative estimate of drug-likeness (QED) is 0.536. The van der Waals surface area contributed by atoms with Crippen LogP contribution in [0.2, 0.25) is 0 Å². The fourth-order valence-electron chi connectivity index (χ4n) is 1.70. The van der Waals surface area contributed by atoms with Crippen LogP contribution in [0.1, 0.15) is 17.5 Å². The summed E-state index contributed by atoms with van der Waals surface area (Å²) in [5, 5.41) is 3.35. The van der Waals surface area contributed by atoms with E-state index in [1.807, 2.05) is 19.1 Å². The summed E-state index contributed by atoms with van der Waals surface area (Å²) in [4.78, 5) is 0.440. The van der Waals surface area contributed by atoms with Gasteiger partial charge in [0.05, 0.1) is 13.2 Å². The van der Waals surface area contributed by atoms with E-state index >= 15 is 0 Å². The van der Waals surface area contributed by atoms with Gasteiger partial charge in [-0.15, -0.1) is 0 Å². The van der Waals surface area contributed by atoms with Crippen LogP contribution in [0.4, 0.5) is 5.69 Å². The van der Waals surface area contributed by atoms with E-state index < -0.39 is 0 Å². The van der Waals surface area contributed by atoms with Gasteiger partial charge in [-0.3, -0.25) is 0 Å². The second-order valence-corrected chi connectivity index (χ2v) is 4.72. The van der Waals surface area contributed by atoms with Crippen molar-refractivity contribution in [2.75, 3.05) is 38.8 Å². The van der Waals surface area contributed by atoms with Gasteiger partial charge in [-0.1, -0.05) is 12.2 Å². The molecule has 106 valence electrons. The number of rotatable bonds is 9. The Bertz CT molecular complexity index is 410. The fraction of sp³-hybridized carbons (Fsp3) is 0.500. The largest absolute Gasteiger partial charge is 0.389 e. The van der Waals surface area contributed by atoms with Gasteiger partial charge in [0.15, 0.2) is 0 Å². The lowest BCUT2D eigenvalue weighted by molar-refractivity contribution is 0.0705. The van der Waals surface area contributed by atoms with E-state index in [-0.39, 0.29) is 0 Å². The third-order valence-electron chi connectivity index (χ3n) is 2.72. The molecule has 4 nitrogen and oxygen atoms in total. The number of thiocarbonyl (C=S) groups is 1. The van der Waals surface area contributed by atoms with Crippen LogP contribution in [0.5, 0.6) is 0 Å². The summed E-state index contributed by atoms with van der Waals surface area (Å²) in [6.07, 6.45) is 0.958. The van der Waals surface area contributed by atoms with Crippen LogP contribution in [-0.2, 0) is 9.47 Å². The molecule has 0 bridgehead atoms. The molecule has 0 saturated carbocycles. The Morgan fingerprint density at radius 2 is 2.11 bits per heavy atom. The van der Waals surface area contributed by atoms with Crippen molar-refractivity contribution in [2.24, 2.45) is 5.73 Å². The normalized spacial score (nSPS) is 10.4. The minimum Gasteiger partial charge on any atom is -0.389 e. The first kappa shape index (κ1) is 15.9. The smallest absolute Gasteiger partial charge is 0.104 e. The fourth-order valence-corrected chi connectivity index (χ4v) is 1.93. The van der Waals surface area contributed by atoms with E-state index in [0.717, 1.165) is 36.4 Å². The average Bonchev–Trinajstić information content (AvgIpc) is 2.37. The molecule has 0 amide bonds. The molecule has 0 aliphatic carbocycles. The van der Waals surface area contributed by atoms with Crippen LogP contribution in [-0.4, -0.2) is 38.5 Å². The Morgan fingerprint density at radius 1 is 1.32 bits per heavy atom. The second kappa shape index (κ2) is 8.85. The second-order valence-electron chi connectivity index (χ2n) is 4.28. The Balaban J connectivity index is 2.26. The summed E-state index contributed by atoms with van der Waals surface area (Å²) in [6, 6.07) is 6.00. The van der Waals surface area contributed by atoms with Gasteiger partial charge in [0.25, 0.3) is 0 Å². The number of hydrogen-bond donors (Lipinski definition) is 2. The maximum Gasteiger partial charge on any atom is 0.104 e. The number of ether oxygens (including phenoxy) is 2. The molecule has 0 saturated heterocycles. The number of benzene rings is 1. The Hall–Kier alpha value is -1.17. The van der Waals surface area contributed by atoms with Crippen molar-refractivity contribution in [3.63, 3.8) is 0 Å². The van der Waals surface area contributed by atoms with Crippen LogP contribution in [0.15, 0.2) is 18.2 Å². The van der Waals surface area contributed by atoms with Crippen LogP contribution in [0.3, 0.4) is 0 Å². The molecule has 0 aliphatic heterocycles. The minimum atomic E-state index is 0.440. The third kappa shape index (κ3) is 6.00. The third-order valence-corrected chi connectivity index (χ3v) is 2.94. The van der Waals surface area contributed by atoms with Gasteiger partial charge in [0.2, 0.25) is 0 Å². The number of anilines is 1. The van der Waals surface area contributed by atoms with Gasteiger partial charge >= 0.3 is 0 Å². The van der Waals surface area contributed by atoms with Crippen LogP contribution in [0.25, 0.3) is 0 Å². The molecule has 0 unspecified atom stereocenters. The first-order valence-corrected chi connectivity index (χ1v) is 6.77. The van der Waals surface area contributed by atoms with E-state index in [1.165, 1.54) is 0 Å². The predicted molar refractivity (Wildman–Crippen MR) is 82.9 cm³/mol. The molecule has 0 aromatic heterocycles. The van der Waals surface area contributed by atoms with Crippen molar-refractivity contribution in [1.82, 2.24) is 0 Å². The number of methoxy groups -OCH3 is 1. The first-order chi connectivity index (χ1) is 9.15. The number of aryl methyl sites for hydroxylation is 1. The van der Waals surface area contributed by atoms with Gasteiger partial charge < -0.3 is 20.5 Å². The van der Waals surface area contributed by atoms with Crippen molar-refractivity contribution in [3.05, 3.63) is 29.3 Å². The van der Waals surface area contributed by atoms with E-state index in [0.29, 0.717) is 18.2 Å². The maximum absolute atomic E-state index is 5.63. The maximum atomic E-state index is 5.63. The molecule has 3 N–H and O–H groups in total. The lowest BCUT2D eigenvalue weighted by Crippen LogP contribution is -2.12. The molecule has 0 radical (unpaired) electrons. The summed E-state index contributed by atoms with van der Waals surface area (Å²) in [5.74, 6) is 0. The molecule has 1 rings (SSSR count). The highest BCUT2D eigenvalue weighted by molar-refractivity contribution is 7.80. The van der Waals surface area contributed by atoms with Gasteiger partial charge in [0.1, 0.15) is 4.99 Å². The molecule has 0 spiro atoms. The van der Waals surface area contributed by atoms with Gasteiger partial charge in [-0.2, -0.15) is 0 Å². The van der Waals surface area contributed by atoms with Crippen molar-refractivity contribution >= 4 is 22.9 Å². The van der Waals surface area contributed by atoms with Crippen molar-refractivity contribution in [3.8, 4) is 0 Å². The van der Waals surface area contributed by atoms with E-state index in [2.05, 4.69) is 11.4 Å². The zero-order valence-corrected chi connectivity index (χ0v) is 12.4. The van der Waals surface area contributed by atoms with Crippen LogP contribution in [0, 0.1) is 6.92 Å². The highest BCUT2D eigenvalue weighted by Crippen LogP contribution is 2.15. The average molecular weight is 282 g/mol. The standard InChI is InChI=1S/C14H22N2O2S/c1-11-10-12(4-5-13(11)14(15)19)16-6-3-7-18-9-8-17-2/h4-5,10,16H,3,6-9H2,1-2H3,(H2,15,19). The monoisotopic (exact) mass is 282 g/mol. The molecule has 19 heavy (non-hydrogen) atoms. The summed E-state index contributed by atoms with van der Waals surface area (Å²) < 4.78 is 10.3. The van der Waals surface area contributed by atoms with Crippen molar-refractivity contribution in [2.45, 2.75) is 13.3 Å². The molecule has 1 aromatic rings. The topological polar surface area (TPSA) is 56.5 Å². The highest BCUT2D eigenvalue weighted by Gasteiger charge is 2.02. The lowest BCUT2D eigenvalue weighted by Gasteiger charge is -2.10. The van der Waals surface area contributed by atoms with Gasteiger partial charge in [-0.05, 0) is 37.1 Å². The molecular weight excluding hydrogens is 260 g/mol. The van der Waals surface area contributed by atoms with Gasteiger partial charge in [-0.25, -0.2) is 0 Å². The Kier molecular flexibility index (Phi) is 7.40. The summed E-state index contributed by atoms with van der Waals surface area (Å²) in [7, 11) is 1.67. The molecule has 0 atom stereocenters. The summed E-state index contributed by atoms with van der Waals surface area (Å²) >= 11 is 4.98. The summed E-state index contributed by atoms with van der Waals surface area (Å²) in [6.45, 7) is 4.91.